The molecule has 0 fully saturated rings. The maximum atomic E-state index is 10.4. The van der Waals surface area contributed by atoms with Crippen LogP contribution in [-0.4, -0.2) is 35.8 Å². The number of nitrogens with one attached hydrogen (secondary N) is 1. The Labute approximate surface area is 98.5 Å². The van der Waals surface area contributed by atoms with E-state index in [0.717, 1.165) is 10.8 Å². The Morgan fingerprint density at radius 1 is 1.75 bits per heavy atom. The number of aromatic nitrogens is 1. The minimum absolute atomic E-state index is 0.122. The first kappa shape index (κ1) is 12.9. The van der Waals surface area contributed by atoms with E-state index in [4.69, 9.17) is 9.84 Å². The summed E-state index contributed by atoms with van der Waals surface area (Å²) >= 11 is 1.48. The SMILES string of the molecule is COCC(C)Nc1nc(CCC(=O)O)cs1. The van der Waals surface area contributed by atoms with Gasteiger partial charge in [-0.15, -0.1) is 11.3 Å². The number of thiazole rings is 1. The second-order valence-electron chi connectivity index (χ2n) is 3.54. The van der Waals surface area contributed by atoms with Crippen molar-refractivity contribution < 1.29 is 14.6 Å². The molecule has 0 spiro atoms. The second-order valence-corrected chi connectivity index (χ2v) is 4.40. The lowest BCUT2D eigenvalue weighted by molar-refractivity contribution is -0.136. The minimum atomic E-state index is -0.796. The molecule has 0 bridgehead atoms. The van der Waals surface area contributed by atoms with Crippen LogP contribution in [0.25, 0.3) is 0 Å². The molecule has 0 amide bonds. The predicted molar refractivity (Wildman–Crippen MR) is 63.0 cm³/mol. The van der Waals surface area contributed by atoms with Crippen molar-refractivity contribution in [3.8, 4) is 0 Å². The summed E-state index contributed by atoms with van der Waals surface area (Å²) in [7, 11) is 1.65. The standard InChI is InChI=1S/C10H16N2O3S/c1-7(5-15-2)11-10-12-8(6-16-10)3-4-9(13)14/h6-7H,3-5H2,1-2H3,(H,11,12)(H,13,14). The number of carbonyl (C=O) groups is 1. The van der Waals surface area contributed by atoms with Gasteiger partial charge in [-0.3, -0.25) is 4.79 Å². The van der Waals surface area contributed by atoms with Gasteiger partial charge in [0.15, 0.2) is 5.13 Å². The van der Waals surface area contributed by atoms with Crippen LogP contribution in [0.5, 0.6) is 0 Å². The van der Waals surface area contributed by atoms with Gasteiger partial charge in [0, 0.05) is 25.0 Å². The van der Waals surface area contributed by atoms with E-state index in [9.17, 15) is 4.79 Å². The lowest BCUT2D eigenvalue weighted by Crippen LogP contribution is -2.20. The van der Waals surface area contributed by atoms with E-state index in [1.165, 1.54) is 11.3 Å². The van der Waals surface area contributed by atoms with Gasteiger partial charge in [0.05, 0.1) is 18.7 Å². The number of carboxylic acid groups (broad SMARTS) is 1. The molecule has 90 valence electrons. The molecule has 1 unspecified atom stereocenters. The predicted octanol–water partition coefficient (Wildman–Crippen LogP) is 1.61. The largest absolute Gasteiger partial charge is 0.481 e. The van der Waals surface area contributed by atoms with Crippen molar-refractivity contribution in [3.63, 3.8) is 0 Å². The van der Waals surface area contributed by atoms with Crippen LogP contribution in [-0.2, 0) is 16.0 Å². The Bertz CT molecular complexity index is 341. The van der Waals surface area contributed by atoms with Crippen LogP contribution in [0.3, 0.4) is 0 Å². The zero-order valence-corrected chi connectivity index (χ0v) is 10.2. The zero-order valence-electron chi connectivity index (χ0n) is 9.40. The molecule has 1 aromatic heterocycles. The fourth-order valence-electron chi connectivity index (χ4n) is 1.23. The molecule has 0 aromatic carbocycles. The lowest BCUT2D eigenvalue weighted by atomic mass is 10.2. The lowest BCUT2D eigenvalue weighted by Gasteiger charge is -2.10. The van der Waals surface area contributed by atoms with Crippen LogP contribution in [0.1, 0.15) is 19.0 Å². The van der Waals surface area contributed by atoms with E-state index >= 15 is 0 Å². The fraction of sp³-hybridized carbons (Fsp3) is 0.600. The Morgan fingerprint density at radius 3 is 3.12 bits per heavy atom. The fourth-order valence-corrected chi connectivity index (χ4v) is 2.08. The number of anilines is 1. The summed E-state index contributed by atoms with van der Waals surface area (Å²) in [4.78, 5) is 14.7. The van der Waals surface area contributed by atoms with Gasteiger partial charge in [-0.25, -0.2) is 4.98 Å². The van der Waals surface area contributed by atoms with E-state index in [1.807, 2.05) is 12.3 Å². The first-order chi connectivity index (χ1) is 7.61. The Hall–Kier alpha value is -1.14. The molecule has 1 aromatic rings. The number of carboxylic acids is 1. The highest BCUT2D eigenvalue weighted by molar-refractivity contribution is 7.13. The van der Waals surface area contributed by atoms with Crippen molar-refractivity contribution in [1.29, 1.82) is 0 Å². The first-order valence-electron chi connectivity index (χ1n) is 5.03. The summed E-state index contributed by atoms with van der Waals surface area (Å²) in [5.41, 5.74) is 0.819. The highest BCUT2D eigenvalue weighted by atomic mass is 32.1. The van der Waals surface area contributed by atoms with Gasteiger partial charge in [0.2, 0.25) is 0 Å². The third-order valence-electron chi connectivity index (χ3n) is 1.93. The summed E-state index contributed by atoms with van der Waals surface area (Å²) in [6.07, 6.45) is 0.600. The van der Waals surface area contributed by atoms with Crippen molar-refractivity contribution in [3.05, 3.63) is 11.1 Å². The number of methoxy groups -OCH3 is 1. The van der Waals surface area contributed by atoms with E-state index in [1.54, 1.807) is 7.11 Å². The highest BCUT2D eigenvalue weighted by Gasteiger charge is 2.07. The zero-order chi connectivity index (χ0) is 12.0. The number of hydrogen-bond donors (Lipinski definition) is 2. The van der Waals surface area contributed by atoms with Crippen LogP contribution < -0.4 is 5.32 Å². The molecule has 0 aliphatic carbocycles. The molecule has 1 heterocycles. The molecule has 2 N–H and O–H groups in total. The third kappa shape index (κ3) is 4.59. The van der Waals surface area contributed by atoms with Gasteiger partial charge in [-0.2, -0.15) is 0 Å². The number of nitrogens with zero attached hydrogens (tertiary/aromatic N) is 1. The summed E-state index contributed by atoms with van der Waals surface area (Å²) in [6, 6.07) is 0.198. The van der Waals surface area contributed by atoms with Crippen molar-refractivity contribution in [1.82, 2.24) is 4.98 Å². The van der Waals surface area contributed by atoms with E-state index in [-0.39, 0.29) is 12.5 Å². The molecule has 16 heavy (non-hydrogen) atoms. The van der Waals surface area contributed by atoms with Gasteiger partial charge >= 0.3 is 5.97 Å². The summed E-state index contributed by atoms with van der Waals surface area (Å²) in [6.45, 7) is 2.62. The number of aliphatic carboxylic acids is 1. The highest BCUT2D eigenvalue weighted by Crippen LogP contribution is 2.17. The smallest absolute Gasteiger partial charge is 0.303 e. The molecule has 6 heteroatoms. The van der Waals surface area contributed by atoms with Crippen LogP contribution >= 0.6 is 11.3 Å². The number of aryl methyl sites for hydroxylation is 1. The summed E-state index contributed by atoms with van der Waals surface area (Å²) < 4.78 is 5.00. The van der Waals surface area contributed by atoms with E-state index in [0.29, 0.717) is 13.0 Å². The van der Waals surface area contributed by atoms with Crippen molar-refractivity contribution >= 4 is 22.4 Å². The Balaban J connectivity index is 2.41. The number of rotatable bonds is 7. The third-order valence-corrected chi connectivity index (χ3v) is 2.76. The van der Waals surface area contributed by atoms with Gasteiger partial charge in [-0.1, -0.05) is 0 Å². The molecule has 0 saturated carbocycles. The van der Waals surface area contributed by atoms with Gasteiger partial charge in [0.1, 0.15) is 0 Å². The maximum Gasteiger partial charge on any atom is 0.303 e. The van der Waals surface area contributed by atoms with E-state index < -0.39 is 5.97 Å². The van der Waals surface area contributed by atoms with Crippen LogP contribution in [0, 0.1) is 0 Å². The first-order valence-corrected chi connectivity index (χ1v) is 5.91. The average Bonchev–Trinajstić information content (AvgIpc) is 2.63. The Kier molecular flexibility index (Phi) is 5.21. The molecule has 0 radical (unpaired) electrons. The van der Waals surface area contributed by atoms with Crippen molar-refractivity contribution in [2.24, 2.45) is 0 Å². The normalized spacial score (nSPS) is 12.4. The molecule has 0 aliphatic rings. The maximum absolute atomic E-state index is 10.4. The van der Waals surface area contributed by atoms with Crippen LogP contribution in [0.2, 0.25) is 0 Å². The van der Waals surface area contributed by atoms with Gasteiger partial charge < -0.3 is 15.2 Å². The average molecular weight is 244 g/mol. The number of ether oxygens (including phenoxy) is 1. The molecular formula is C10H16N2O3S. The van der Waals surface area contributed by atoms with Crippen molar-refractivity contribution in [2.75, 3.05) is 19.0 Å². The minimum Gasteiger partial charge on any atom is -0.481 e. The second kappa shape index (κ2) is 6.44. The topological polar surface area (TPSA) is 71.5 Å². The summed E-state index contributed by atoms with van der Waals surface area (Å²) in [5.74, 6) is -0.796. The monoisotopic (exact) mass is 244 g/mol. The van der Waals surface area contributed by atoms with Crippen LogP contribution in [0.4, 0.5) is 5.13 Å². The molecular weight excluding hydrogens is 228 g/mol. The Morgan fingerprint density at radius 2 is 2.50 bits per heavy atom. The van der Waals surface area contributed by atoms with E-state index in [2.05, 4.69) is 10.3 Å². The van der Waals surface area contributed by atoms with Crippen LogP contribution in [0.15, 0.2) is 5.38 Å². The summed E-state index contributed by atoms with van der Waals surface area (Å²) in [5, 5.41) is 14.4. The number of hydrogen-bond acceptors (Lipinski definition) is 5. The molecule has 0 saturated heterocycles. The van der Waals surface area contributed by atoms with Crippen molar-refractivity contribution in [2.45, 2.75) is 25.8 Å². The molecule has 5 nitrogen and oxygen atoms in total. The van der Waals surface area contributed by atoms with Gasteiger partial charge in [-0.05, 0) is 6.92 Å². The quantitative estimate of drug-likeness (QED) is 0.762. The molecule has 0 aliphatic heterocycles. The van der Waals surface area contributed by atoms with Gasteiger partial charge in [0.25, 0.3) is 0 Å². The molecule has 1 atom stereocenters. The molecule has 1 rings (SSSR count).